The number of nitrogens with zero attached hydrogens (tertiary/aromatic N) is 6. The molecule has 0 amide bonds. The van der Waals surface area contributed by atoms with Crippen LogP contribution in [-0.2, 0) is 7.05 Å². The molecule has 9 heteroatoms. The van der Waals surface area contributed by atoms with E-state index in [0.717, 1.165) is 49.3 Å². The minimum absolute atomic E-state index is 0. The predicted molar refractivity (Wildman–Crippen MR) is 98.2 cm³/mol. The molecule has 24 heavy (non-hydrogen) atoms. The zero-order chi connectivity index (χ0) is 16.2. The van der Waals surface area contributed by atoms with Crippen LogP contribution in [0.4, 0.5) is 5.82 Å². The first-order valence-corrected chi connectivity index (χ1v) is 8.82. The summed E-state index contributed by atoms with van der Waals surface area (Å²) < 4.78 is 2.08. The molecule has 0 spiro atoms. The number of aromatic nitrogens is 5. The SMILES string of the molecule is CCN(C)c1ccnc(Sc2nnc(C3CCNCC3)n2C)n1.Cl. The highest BCUT2D eigenvalue weighted by molar-refractivity contribution is 7.99. The second kappa shape index (κ2) is 8.64. The monoisotopic (exact) mass is 369 g/mol. The maximum absolute atomic E-state index is 4.59. The van der Waals surface area contributed by atoms with Crippen molar-refractivity contribution in [1.29, 1.82) is 0 Å². The van der Waals surface area contributed by atoms with E-state index < -0.39 is 0 Å². The number of nitrogens with one attached hydrogen (secondary N) is 1. The van der Waals surface area contributed by atoms with Gasteiger partial charge in [0.15, 0.2) is 10.3 Å². The molecule has 1 aliphatic rings. The van der Waals surface area contributed by atoms with E-state index in [2.05, 4.69) is 41.9 Å². The van der Waals surface area contributed by atoms with Gasteiger partial charge in [0.25, 0.3) is 0 Å². The van der Waals surface area contributed by atoms with Crippen LogP contribution >= 0.6 is 24.2 Å². The third kappa shape index (κ3) is 4.17. The van der Waals surface area contributed by atoms with E-state index in [0.29, 0.717) is 11.1 Å². The van der Waals surface area contributed by atoms with Crippen molar-refractivity contribution in [3.05, 3.63) is 18.1 Å². The van der Waals surface area contributed by atoms with Crippen molar-refractivity contribution in [2.75, 3.05) is 31.6 Å². The Hall–Kier alpha value is -1.38. The van der Waals surface area contributed by atoms with Crippen LogP contribution in [0.2, 0.25) is 0 Å². The molecule has 0 aromatic carbocycles. The molecular formula is C15H24ClN7S. The molecule has 2 aromatic rings. The van der Waals surface area contributed by atoms with Gasteiger partial charge in [0, 0.05) is 32.8 Å². The quantitative estimate of drug-likeness (QED) is 0.809. The first-order valence-electron chi connectivity index (χ1n) is 8.01. The van der Waals surface area contributed by atoms with Crippen molar-refractivity contribution in [3.63, 3.8) is 0 Å². The van der Waals surface area contributed by atoms with Gasteiger partial charge in [-0.2, -0.15) is 0 Å². The minimum Gasteiger partial charge on any atom is -0.360 e. The van der Waals surface area contributed by atoms with Gasteiger partial charge in [-0.1, -0.05) is 0 Å². The number of halogens is 1. The van der Waals surface area contributed by atoms with Crippen molar-refractivity contribution in [3.8, 4) is 0 Å². The van der Waals surface area contributed by atoms with Crippen molar-refractivity contribution in [2.45, 2.75) is 36.0 Å². The van der Waals surface area contributed by atoms with Crippen LogP contribution in [0.25, 0.3) is 0 Å². The molecule has 1 aliphatic heterocycles. The van der Waals surface area contributed by atoms with Crippen molar-refractivity contribution in [2.24, 2.45) is 7.05 Å². The highest BCUT2D eigenvalue weighted by Crippen LogP contribution is 2.29. The van der Waals surface area contributed by atoms with Gasteiger partial charge in [-0.3, -0.25) is 0 Å². The topological polar surface area (TPSA) is 71.8 Å². The number of anilines is 1. The Balaban J connectivity index is 0.00000208. The summed E-state index contributed by atoms with van der Waals surface area (Å²) in [6, 6.07) is 1.92. The Morgan fingerprint density at radius 3 is 2.79 bits per heavy atom. The van der Waals surface area contributed by atoms with E-state index in [1.807, 2.05) is 20.2 Å². The summed E-state index contributed by atoms with van der Waals surface area (Å²) >= 11 is 1.47. The lowest BCUT2D eigenvalue weighted by atomic mass is 9.97. The highest BCUT2D eigenvalue weighted by atomic mass is 35.5. The maximum atomic E-state index is 4.59. The lowest BCUT2D eigenvalue weighted by Crippen LogP contribution is -2.27. The molecule has 2 aromatic heterocycles. The number of hydrogen-bond acceptors (Lipinski definition) is 7. The first kappa shape index (κ1) is 19.0. The van der Waals surface area contributed by atoms with Crippen molar-refractivity contribution < 1.29 is 0 Å². The summed E-state index contributed by atoms with van der Waals surface area (Å²) in [6.07, 6.45) is 4.02. The molecule has 0 atom stereocenters. The molecule has 3 rings (SSSR count). The number of hydrogen-bond donors (Lipinski definition) is 1. The zero-order valence-electron chi connectivity index (χ0n) is 14.3. The van der Waals surface area contributed by atoms with Gasteiger partial charge in [-0.15, -0.1) is 22.6 Å². The van der Waals surface area contributed by atoms with Gasteiger partial charge in [-0.05, 0) is 50.7 Å². The van der Waals surface area contributed by atoms with Gasteiger partial charge in [0.1, 0.15) is 11.6 Å². The fraction of sp³-hybridized carbons (Fsp3) is 0.600. The van der Waals surface area contributed by atoms with Gasteiger partial charge in [0.2, 0.25) is 0 Å². The fourth-order valence-electron chi connectivity index (χ4n) is 2.69. The van der Waals surface area contributed by atoms with Crippen LogP contribution in [0.1, 0.15) is 31.5 Å². The molecule has 0 aliphatic carbocycles. The van der Waals surface area contributed by atoms with E-state index in [1.165, 1.54) is 11.8 Å². The van der Waals surface area contributed by atoms with Crippen LogP contribution in [0, 0.1) is 0 Å². The fourth-order valence-corrected chi connectivity index (χ4v) is 3.42. The Morgan fingerprint density at radius 2 is 2.08 bits per heavy atom. The summed E-state index contributed by atoms with van der Waals surface area (Å²) in [6.45, 7) is 5.11. The average molecular weight is 370 g/mol. The Bertz CT molecular complexity index is 657. The maximum Gasteiger partial charge on any atom is 0.198 e. The Kier molecular flexibility index (Phi) is 6.82. The summed E-state index contributed by atoms with van der Waals surface area (Å²) in [7, 11) is 4.05. The largest absolute Gasteiger partial charge is 0.360 e. The number of piperidine rings is 1. The molecule has 0 bridgehead atoms. The van der Waals surface area contributed by atoms with Crippen LogP contribution in [0.15, 0.2) is 22.6 Å². The molecular weight excluding hydrogens is 346 g/mol. The van der Waals surface area contributed by atoms with E-state index >= 15 is 0 Å². The molecule has 132 valence electrons. The third-order valence-electron chi connectivity index (χ3n) is 4.24. The lowest BCUT2D eigenvalue weighted by molar-refractivity contribution is 0.434. The molecule has 1 N–H and O–H groups in total. The van der Waals surface area contributed by atoms with Crippen molar-refractivity contribution in [1.82, 2.24) is 30.0 Å². The van der Waals surface area contributed by atoms with Crippen LogP contribution in [-0.4, -0.2) is 51.4 Å². The Labute approximate surface area is 153 Å². The second-order valence-corrected chi connectivity index (χ2v) is 6.67. The summed E-state index contributed by atoms with van der Waals surface area (Å²) in [5.74, 6) is 2.48. The van der Waals surface area contributed by atoms with Gasteiger partial charge in [0.05, 0.1) is 0 Å². The molecule has 1 fully saturated rings. The predicted octanol–water partition coefficient (Wildman–Crippen LogP) is 2.10. The minimum atomic E-state index is 0. The summed E-state index contributed by atoms with van der Waals surface area (Å²) in [4.78, 5) is 11.0. The van der Waals surface area contributed by atoms with Crippen LogP contribution < -0.4 is 10.2 Å². The highest BCUT2D eigenvalue weighted by Gasteiger charge is 2.22. The zero-order valence-corrected chi connectivity index (χ0v) is 15.9. The van der Waals surface area contributed by atoms with Crippen LogP contribution in [0.3, 0.4) is 0 Å². The smallest absolute Gasteiger partial charge is 0.198 e. The average Bonchev–Trinajstić information content (AvgIpc) is 2.96. The van der Waals surface area contributed by atoms with Gasteiger partial charge < -0.3 is 14.8 Å². The molecule has 1 saturated heterocycles. The normalized spacial score (nSPS) is 15.1. The third-order valence-corrected chi connectivity index (χ3v) is 5.16. The summed E-state index contributed by atoms with van der Waals surface area (Å²) in [5, 5.41) is 13.7. The molecule has 0 saturated carbocycles. The lowest BCUT2D eigenvalue weighted by Gasteiger charge is -2.21. The standard InChI is InChI=1S/C15H23N7S.ClH/c1-4-21(2)12-7-10-17-14(18-12)23-15-20-19-13(22(15)3)11-5-8-16-9-6-11;/h7,10-11,16H,4-6,8-9H2,1-3H3;1H. The molecule has 3 heterocycles. The second-order valence-electron chi connectivity index (χ2n) is 5.74. The summed E-state index contributed by atoms with van der Waals surface area (Å²) in [5.41, 5.74) is 0. The van der Waals surface area contributed by atoms with Crippen LogP contribution in [0.5, 0.6) is 0 Å². The first-order chi connectivity index (χ1) is 11.2. The van der Waals surface area contributed by atoms with E-state index in [-0.39, 0.29) is 12.4 Å². The van der Waals surface area contributed by atoms with E-state index in [1.54, 1.807) is 6.20 Å². The Morgan fingerprint density at radius 1 is 1.33 bits per heavy atom. The van der Waals surface area contributed by atoms with Crippen molar-refractivity contribution >= 4 is 30.0 Å². The van der Waals surface area contributed by atoms with Gasteiger partial charge in [-0.25, -0.2) is 9.97 Å². The molecule has 0 radical (unpaired) electrons. The molecule has 0 unspecified atom stereocenters. The molecule has 7 nitrogen and oxygen atoms in total. The number of rotatable bonds is 5. The van der Waals surface area contributed by atoms with E-state index in [4.69, 9.17) is 0 Å². The van der Waals surface area contributed by atoms with E-state index in [9.17, 15) is 0 Å². The van der Waals surface area contributed by atoms with Gasteiger partial charge >= 0.3 is 0 Å².